The second-order valence-electron chi connectivity index (χ2n) is 13.6. The minimum absolute atomic E-state index is 0.151. The van der Waals surface area contributed by atoms with E-state index in [4.69, 9.17) is 21.9 Å². The third-order valence-electron chi connectivity index (χ3n) is 9.22. The number of carbonyl (C=O) groups excluding carboxylic acids is 6. The number of hydrogen-bond acceptors (Lipinski definition) is 9. The number of rotatable bonds is 11. The maximum Gasteiger partial charge on any atom is 0.334 e. The van der Waals surface area contributed by atoms with Crippen LogP contribution in [0.2, 0.25) is 25.7 Å². The number of amides is 8. The molecular weight excluding hydrogens is 574 g/mol. The van der Waals surface area contributed by atoms with Gasteiger partial charge in [-0.2, -0.15) is 0 Å². The molecule has 2 aliphatic carbocycles. The van der Waals surface area contributed by atoms with Gasteiger partial charge in [0, 0.05) is 27.3 Å². The summed E-state index contributed by atoms with van der Waals surface area (Å²) < 4.78 is 5.71. The largest absolute Gasteiger partial charge is 0.385 e. The van der Waals surface area contributed by atoms with Gasteiger partial charge in [0.1, 0.15) is 30.2 Å². The SMILES string of the molecule is CCCCN1C(=O)C(=C(N)N)C(=O)N(C2CCC3(CC2)CC2(C3)C(=O)N(COCC[Si](C)(C)C)C(=O)N2CC(N)=O)C1=O. The first-order valence-electron chi connectivity index (χ1n) is 15.0. The van der Waals surface area contributed by atoms with Crippen LogP contribution in [0.5, 0.6) is 0 Å². The Morgan fingerprint density at radius 2 is 1.58 bits per heavy atom. The van der Waals surface area contributed by atoms with Crippen LogP contribution >= 0.6 is 0 Å². The van der Waals surface area contributed by atoms with E-state index < -0.39 is 55.3 Å². The molecule has 0 aromatic carbocycles. The zero-order valence-corrected chi connectivity index (χ0v) is 26.6. The lowest BCUT2D eigenvalue weighted by molar-refractivity contribution is -0.154. The third-order valence-corrected chi connectivity index (χ3v) is 10.9. The van der Waals surface area contributed by atoms with Crippen molar-refractivity contribution < 1.29 is 33.5 Å². The molecule has 238 valence electrons. The standard InChI is InChI=1S/C28H45N7O7Si/c1-5-6-11-32-22(37)20(21(30)31)23(38)35(26(32)41)18-7-9-27(10-8-18)15-28(16-27)24(39)33(17-42-12-13-43(2,3)4)25(40)34(28)14-19(29)36/h18H,5-17,30-31H2,1-4H3,(H2,29,36). The van der Waals surface area contributed by atoms with E-state index in [1.807, 2.05) is 6.92 Å². The maximum absolute atomic E-state index is 13.7. The Balaban J connectivity index is 1.46. The molecule has 0 radical (unpaired) electrons. The number of imide groups is 3. The third kappa shape index (κ3) is 6.01. The summed E-state index contributed by atoms with van der Waals surface area (Å²) in [7, 11) is -1.37. The van der Waals surface area contributed by atoms with Crippen molar-refractivity contribution in [3.63, 3.8) is 0 Å². The molecule has 2 saturated carbocycles. The van der Waals surface area contributed by atoms with E-state index in [2.05, 4.69) is 19.6 Å². The molecule has 2 aliphatic heterocycles. The molecule has 0 atom stereocenters. The minimum atomic E-state index is -1.37. The Morgan fingerprint density at radius 1 is 0.953 bits per heavy atom. The van der Waals surface area contributed by atoms with Crippen molar-refractivity contribution in [2.24, 2.45) is 22.6 Å². The first-order chi connectivity index (χ1) is 20.1. The van der Waals surface area contributed by atoms with Gasteiger partial charge in [0.2, 0.25) is 5.91 Å². The number of primary amides is 1. The van der Waals surface area contributed by atoms with Crippen LogP contribution in [-0.2, 0) is 23.9 Å². The van der Waals surface area contributed by atoms with Gasteiger partial charge in [0.15, 0.2) is 0 Å². The molecule has 14 nitrogen and oxygen atoms in total. The van der Waals surface area contributed by atoms with Crippen LogP contribution in [0.25, 0.3) is 0 Å². The average molecular weight is 620 g/mol. The summed E-state index contributed by atoms with van der Waals surface area (Å²) in [6, 6.07) is -0.854. The second kappa shape index (κ2) is 11.9. The molecule has 2 heterocycles. The molecule has 2 saturated heterocycles. The molecule has 0 aromatic heterocycles. The predicted octanol–water partition coefficient (Wildman–Crippen LogP) is 1.23. The highest BCUT2D eigenvalue weighted by Gasteiger charge is 2.69. The molecule has 4 aliphatic rings. The summed E-state index contributed by atoms with van der Waals surface area (Å²) >= 11 is 0. The fraction of sp³-hybridized carbons (Fsp3) is 0.714. The van der Waals surface area contributed by atoms with Gasteiger partial charge in [-0.3, -0.25) is 29.0 Å². The van der Waals surface area contributed by atoms with Crippen LogP contribution in [0.4, 0.5) is 9.59 Å². The molecule has 0 bridgehead atoms. The lowest BCUT2D eigenvalue weighted by Gasteiger charge is -2.58. The monoisotopic (exact) mass is 619 g/mol. The van der Waals surface area contributed by atoms with Crippen molar-refractivity contribution >= 4 is 43.8 Å². The van der Waals surface area contributed by atoms with Gasteiger partial charge in [-0.15, -0.1) is 0 Å². The van der Waals surface area contributed by atoms with Crippen LogP contribution in [-0.4, -0.2) is 101 Å². The van der Waals surface area contributed by atoms with Gasteiger partial charge in [0.05, 0.1) is 0 Å². The van der Waals surface area contributed by atoms with Crippen LogP contribution < -0.4 is 17.2 Å². The van der Waals surface area contributed by atoms with E-state index in [0.29, 0.717) is 51.6 Å². The van der Waals surface area contributed by atoms with E-state index in [1.54, 1.807) is 0 Å². The number of carbonyl (C=O) groups is 6. The van der Waals surface area contributed by atoms with Crippen LogP contribution in [0.3, 0.4) is 0 Å². The van der Waals surface area contributed by atoms with Gasteiger partial charge >= 0.3 is 12.1 Å². The molecule has 15 heteroatoms. The molecule has 4 rings (SSSR count). The van der Waals surface area contributed by atoms with Crippen molar-refractivity contribution in [2.45, 2.75) is 95.6 Å². The molecule has 0 unspecified atom stereocenters. The summed E-state index contributed by atoms with van der Waals surface area (Å²) in [5, 5.41) is 0. The highest BCUT2D eigenvalue weighted by atomic mass is 28.3. The molecule has 0 aromatic rings. The van der Waals surface area contributed by atoms with Gasteiger partial charge in [-0.1, -0.05) is 33.0 Å². The summed E-state index contributed by atoms with van der Waals surface area (Å²) in [5.74, 6) is -3.09. The van der Waals surface area contributed by atoms with Crippen molar-refractivity contribution in [3.05, 3.63) is 11.4 Å². The Kier molecular flexibility index (Phi) is 8.98. The number of nitrogens with zero attached hydrogens (tertiary/aromatic N) is 4. The van der Waals surface area contributed by atoms with Gasteiger partial charge in [-0.05, 0) is 56.4 Å². The highest BCUT2D eigenvalue weighted by Crippen LogP contribution is 2.61. The van der Waals surface area contributed by atoms with Gasteiger partial charge in [0.25, 0.3) is 17.7 Å². The van der Waals surface area contributed by atoms with E-state index in [0.717, 1.165) is 27.2 Å². The van der Waals surface area contributed by atoms with Crippen molar-refractivity contribution in [1.82, 2.24) is 19.6 Å². The van der Waals surface area contributed by atoms with Crippen LogP contribution in [0, 0.1) is 5.41 Å². The maximum atomic E-state index is 13.7. The van der Waals surface area contributed by atoms with Crippen molar-refractivity contribution in [3.8, 4) is 0 Å². The average Bonchev–Trinajstić information content (AvgIpc) is 3.07. The molecule has 6 N–H and O–H groups in total. The zero-order chi connectivity index (χ0) is 31.9. The Hall–Kier alpha value is -3.46. The Labute approximate surface area is 252 Å². The number of unbranched alkanes of at least 4 members (excludes halogenated alkanes) is 1. The fourth-order valence-electron chi connectivity index (χ4n) is 6.90. The van der Waals surface area contributed by atoms with E-state index >= 15 is 0 Å². The number of urea groups is 2. The Morgan fingerprint density at radius 3 is 2.12 bits per heavy atom. The number of ether oxygens (including phenoxy) is 1. The molecule has 2 spiro atoms. The smallest absolute Gasteiger partial charge is 0.334 e. The summed E-state index contributed by atoms with van der Waals surface area (Å²) in [4.78, 5) is 82.8. The predicted molar refractivity (Wildman–Crippen MR) is 158 cm³/mol. The number of barbiturate groups is 1. The van der Waals surface area contributed by atoms with Gasteiger partial charge in [-0.25, -0.2) is 14.5 Å². The van der Waals surface area contributed by atoms with Gasteiger partial charge < -0.3 is 26.8 Å². The van der Waals surface area contributed by atoms with Crippen LogP contribution in [0.1, 0.15) is 58.3 Å². The zero-order valence-electron chi connectivity index (χ0n) is 25.6. The molecule has 43 heavy (non-hydrogen) atoms. The molecule has 4 fully saturated rings. The van der Waals surface area contributed by atoms with Crippen LogP contribution in [0.15, 0.2) is 11.4 Å². The number of nitrogens with two attached hydrogens (primary N) is 3. The Bertz CT molecular complexity index is 1230. The van der Waals surface area contributed by atoms with Crippen molar-refractivity contribution in [1.29, 1.82) is 0 Å². The fourth-order valence-corrected chi connectivity index (χ4v) is 7.65. The van der Waals surface area contributed by atoms with E-state index in [9.17, 15) is 28.8 Å². The quantitative estimate of drug-likeness (QED) is 0.0999. The highest BCUT2D eigenvalue weighted by molar-refractivity contribution is 6.76. The molecular formula is C28H45N7O7Si. The summed E-state index contributed by atoms with van der Waals surface area (Å²) in [6.45, 7) is 8.57. The normalized spacial score (nSPS) is 28.0. The minimum Gasteiger partial charge on any atom is -0.385 e. The first kappa shape index (κ1) is 32.5. The molecule has 8 amide bonds. The first-order valence-corrected chi connectivity index (χ1v) is 18.7. The van der Waals surface area contributed by atoms with Crippen molar-refractivity contribution in [2.75, 3.05) is 26.4 Å². The van der Waals surface area contributed by atoms with E-state index in [-0.39, 0.29) is 36.7 Å². The lowest BCUT2D eigenvalue weighted by atomic mass is 9.51. The lowest BCUT2D eigenvalue weighted by Crippen LogP contribution is -2.66. The van der Waals surface area contributed by atoms with E-state index in [1.165, 1.54) is 4.90 Å². The topological polar surface area (TPSA) is 203 Å². The number of hydrogen-bond donors (Lipinski definition) is 3. The summed E-state index contributed by atoms with van der Waals surface area (Å²) in [5.41, 5.74) is 15.0. The second-order valence-corrected chi connectivity index (χ2v) is 19.3. The summed E-state index contributed by atoms with van der Waals surface area (Å²) in [6.07, 6.45) is 4.06.